The lowest BCUT2D eigenvalue weighted by molar-refractivity contribution is -0.00623. The van der Waals surface area contributed by atoms with Crippen LogP contribution in [0.2, 0.25) is 0 Å². The fraction of sp³-hybridized carbons (Fsp3) is 0.625. The third-order valence-electron chi connectivity index (χ3n) is 3.11. The molecule has 0 aliphatic carbocycles. The minimum Gasteiger partial charge on any atom is -0.389 e. The Kier molecular flexibility index (Phi) is 10.0. The lowest BCUT2D eigenvalue weighted by Gasteiger charge is -2.19. The van der Waals surface area contributed by atoms with Crippen LogP contribution in [0.3, 0.4) is 0 Å². The fourth-order valence-corrected chi connectivity index (χ4v) is 1.88. The zero-order valence-electron chi connectivity index (χ0n) is 12.7. The van der Waals surface area contributed by atoms with Gasteiger partial charge >= 0.3 is 0 Å². The molecule has 0 aromatic heterocycles. The summed E-state index contributed by atoms with van der Waals surface area (Å²) in [5.74, 6) is 0. The maximum atomic E-state index is 9.94. The number of ether oxygens (including phenoxy) is 3. The molecule has 0 aliphatic rings. The van der Waals surface area contributed by atoms with Crippen LogP contribution in [-0.4, -0.2) is 57.4 Å². The highest BCUT2D eigenvalue weighted by Crippen LogP contribution is 2.04. The molecule has 0 radical (unpaired) electrons. The minimum atomic E-state index is -0.668. The highest BCUT2D eigenvalue weighted by molar-refractivity contribution is 5.16. The molecular formula is C16H27NO4. The van der Waals surface area contributed by atoms with Crippen LogP contribution in [0.25, 0.3) is 0 Å². The molecule has 2 unspecified atom stereocenters. The summed E-state index contributed by atoms with van der Waals surface area (Å²) in [5.41, 5.74) is 7.09. The van der Waals surface area contributed by atoms with Gasteiger partial charge in [-0.15, -0.1) is 0 Å². The van der Waals surface area contributed by atoms with E-state index in [1.807, 2.05) is 30.3 Å². The van der Waals surface area contributed by atoms with Crippen molar-refractivity contribution < 1.29 is 19.3 Å². The molecule has 2 atom stereocenters. The minimum absolute atomic E-state index is 0.232. The van der Waals surface area contributed by atoms with Gasteiger partial charge in [-0.1, -0.05) is 30.3 Å². The molecule has 0 saturated heterocycles. The topological polar surface area (TPSA) is 73.9 Å². The van der Waals surface area contributed by atoms with Crippen molar-refractivity contribution >= 4 is 0 Å². The third-order valence-corrected chi connectivity index (χ3v) is 3.11. The highest BCUT2D eigenvalue weighted by Gasteiger charge is 2.15. The van der Waals surface area contributed by atoms with Crippen molar-refractivity contribution in [3.63, 3.8) is 0 Å². The average molecular weight is 297 g/mol. The standard InChI is InChI=1S/C16H27NO4/c1-19-8-5-9-20-10-11-21-13-16(18)15(17)12-14-6-3-2-4-7-14/h2-4,6-7,15-16,18H,5,8-13,17H2,1H3. The zero-order chi connectivity index (χ0) is 15.3. The molecule has 0 aliphatic heterocycles. The van der Waals surface area contributed by atoms with Gasteiger partial charge in [0.2, 0.25) is 0 Å². The summed E-state index contributed by atoms with van der Waals surface area (Å²) in [7, 11) is 1.67. The number of hydrogen-bond acceptors (Lipinski definition) is 5. The van der Waals surface area contributed by atoms with Crippen molar-refractivity contribution in [2.45, 2.75) is 25.0 Å². The molecule has 0 heterocycles. The van der Waals surface area contributed by atoms with Crippen LogP contribution in [0.5, 0.6) is 0 Å². The molecule has 1 aromatic rings. The molecular weight excluding hydrogens is 270 g/mol. The molecule has 1 rings (SSSR count). The van der Waals surface area contributed by atoms with Crippen LogP contribution in [-0.2, 0) is 20.6 Å². The predicted molar refractivity (Wildman–Crippen MR) is 82.3 cm³/mol. The van der Waals surface area contributed by atoms with Crippen LogP contribution in [0.1, 0.15) is 12.0 Å². The highest BCUT2D eigenvalue weighted by atomic mass is 16.5. The van der Waals surface area contributed by atoms with E-state index in [0.29, 0.717) is 32.8 Å². The smallest absolute Gasteiger partial charge is 0.0927 e. The number of hydrogen-bond donors (Lipinski definition) is 2. The van der Waals surface area contributed by atoms with Crippen LogP contribution >= 0.6 is 0 Å². The first-order valence-electron chi connectivity index (χ1n) is 7.36. The summed E-state index contributed by atoms with van der Waals surface area (Å²) in [6.07, 6.45) is 0.846. The van der Waals surface area contributed by atoms with Gasteiger partial charge in [0.05, 0.1) is 25.9 Å². The average Bonchev–Trinajstić information content (AvgIpc) is 2.50. The molecule has 3 N–H and O–H groups in total. The molecule has 21 heavy (non-hydrogen) atoms. The van der Waals surface area contributed by atoms with Crippen LogP contribution in [0, 0.1) is 0 Å². The van der Waals surface area contributed by atoms with E-state index in [4.69, 9.17) is 19.9 Å². The summed E-state index contributed by atoms with van der Waals surface area (Å²) in [4.78, 5) is 0. The van der Waals surface area contributed by atoms with Crippen LogP contribution in [0.15, 0.2) is 30.3 Å². The molecule has 5 heteroatoms. The Labute approximate surface area is 127 Å². The molecule has 0 fully saturated rings. The fourth-order valence-electron chi connectivity index (χ4n) is 1.88. The first-order chi connectivity index (χ1) is 10.2. The summed E-state index contributed by atoms with van der Waals surface area (Å²) >= 11 is 0. The van der Waals surface area contributed by atoms with E-state index >= 15 is 0 Å². The quantitative estimate of drug-likeness (QED) is 0.563. The monoisotopic (exact) mass is 297 g/mol. The maximum absolute atomic E-state index is 9.94. The summed E-state index contributed by atoms with van der Waals surface area (Å²) in [6, 6.07) is 9.57. The van der Waals surface area contributed by atoms with Crippen molar-refractivity contribution in [1.29, 1.82) is 0 Å². The van der Waals surface area contributed by atoms with Gasteiger partial charge < -0.3 is 25.1 Å². The zero-order valence-corrected chi connectivity index (χ0v) is 12.7. The molecule has 5 nitrogen and oxygen atoms in total. The van der Waals surface area contributed by atoms with Gasteiger partial charge in [0.1, 0.15) is 0 Å². The van der Waals surface area contributed by atoms with Gasteiger partial charge in [0.25, 0.3) is 0 Å². The van der Waals surface area contributed by atoms with Gasteiger partial charge in [-0.2, -0.15) is 0 Å². The Morgan fingerprint density at radius 2 is 1.76 bits per heavy atom. The van der Waals surface area contributed by atoms with Gasteiger partial charge in [0.15, 0.2) is 0 Å². The summed E-state index contributed by atoms with van der Waals surface area (Å²) in [5, 5.41) is 9.94. The second kappa shape index (κ2) is 11.7. The van der Waals surface area contributed by atoms with E-state index in [1.165, 1.54) is 0 Å². The normalized spacial score (nSPS) is 14.0. The van der Waals surface area contributed by atoms with Gasteiger partial charge in [-0.05, 0) is 18.4 Å². The Bertz CT molecular complexity index is 347. The Hall–Kier alpha value is -0.980. The number of aliphatic hydroxyl groups excluding tert-OH is 1. The van der Waals surface area contributed by atoms with Crippen LogP contribution in [0.4, 0.5) is 0 Å². The SMILES string of the molecule is COCCCOCCOCC(O)C(N)Cc1ccccc1. The first-order valence-corrected chi connectivity index (χ1v) is 7.36. The molecule has 120 valence electrons. The van der Waals surface area contributed by atoms with Crippen LogP contribution < -0.4 is 5.73 Å². The number of methoxy groups -OCH3 is 1. The lowest BCUT2D eigenvalue weighted by Crippen LogP contribution is -2.39. The van der Waals surface area contributed by atoms with E-state index in [1.54, 1.807) is 7.11 Å². The second-order valence-electron chi connectivity index (χ2n) is 4.95. The van der Waals surface area contributed by atoms with Crippen molar-refractivity contribution in [2.24, 2.45) is 5.73 Å². The van der Waals surface area contributed by atoms with Crippen molar-refractivity contribution in [2.75, 3.05) is 40.1 Å². The largest absolute Gasteiger partial charge is 0.389 e. The predicted octanol–water partition coefficient (Wildman–Crippen LogP) is 0.987. The number of aliphatic hydroxyl groups is 1. The molecule has 1 aromatic carbocycles. The number of benzene rings is 1. The van der Waals surface area contributed by atoms with Gasteiger partial charge in [-0.3, -0.25) is 0 Å². The lowest BCUT2D eigenvalue weighted by atomic mass is 10.0. The molecule has 0 spiro atoms. The molecule has 0 bridgehead atoms. The van der Waals surface area contributed by atoms with E-state index < -0.39 is 6.10 Å². The van der Waals surface area contributed by atoms with Crippen molar-refractivity contribution in [3.8, 4) is 0 Å². The molecule has 0 saturated carbocycles. The first kappa shape index (κ1) is 18.1. The van der Waals surface area contributed by atoms with Gasteiger partial charge in [-0.25, -0.2) is 0 Å². The Balaban J connectivity index is 2.03. The molecule has 0 amide bonds. The third kappa shape index (κ3) is 8.80. The summed E-state index contributed by atoms with van der Waals surface area (Å²) in [6.45, 7) is 2.57. The maximum Gasteiger partial charge on any atom is 0.0927 e. The van der Waals surface area contributed by atoms with E-state index in [2.05, 4.69) is 0 Å². The van der Waals surface area contributed by atoms with E-state index in [9.17, 15) is 5.11 Å². The van der Waals surface area contributed by atoms with Crippen molar-refractivity contribution in [3.05, 3.63) is 35.9 Å². The summed E-state index contributed by atoms with van der Waals surface area (Å²) < 4.78 is 15.6. The second-order valence-corrected chi connectivity index (χ2v) is 4.95. The van der Waals surface area contributed by atoms with Gasteiger partial charge in [0, 0.05) is 26.4 Å². The Morgan fingerprint density at radius 3 is 2.48 bits per heavy atom. The van der Waals surface area contributed by atoms with E-state index in [0.717, 1.165) is 12.0 Å². The van der Waals surface area contributed by atoms with Crippen molar-refractivity contribution in [1.82, 2.24) is 0 Å². The Morgan fingerprint density at radius 1 is 1.05 bits per heavy atom. The van der Waals surface area contributed by atoms with E-state index in [-0.39, 0.29) is 12.6 Å². The number of rotatable bonds is 12. The number of nitrogens with two attached hydrogens (primary N) is 1.